The summed E-state index contributed by atoms with van der Waals surface area (Å²) in [5, 5.41) is 0. The zero-order valence-corrected chi connectivity index (χ0v) is 18.3. The van der Waals surface area contributed by atoms with E-state index in [-0.39, 0.29) is 0 Å². The maximum atomic E-state index is 2.33. The van der Waals surface area contributed by atoms with Gasteiger partial charge in [-0.05, 0) is 58.4 Å². The van der Waals surface area contributed by atoms with Crippen LogP contribution in [0.25, 0.3) is 5.57 Å². The van der Waals surface area contributed by atoms with Crippen molar-refractivity contribution in [3.8, 4) is 0 Å². The van der Waals surface area contributed by atoms with Crippen LogP contribution in [0.1, 0.15) is 47.4 Å². The topological polar surface area (TPSA) is 0 Å². The van der Waals surface area contributed by atoms with Crippen molar-refractivity contribution in [2.75, 3.05) is 0 Å². The normalized spacial score (nSPS) is 18.4. The zero-order valence-electron chi connectivity index (χ0n) is 18.3. The fourth-order valence-electron chi connectivity index (χ4n) is 5.86. The lowest BCUT2D eigenvalue weighted by Gasteiger charge is -2.28. The van der Waals surface area contributed by atoms with Gasteiger partial charge in [0.2, 0.25) is 0 Å². The number of hydrogen-bond donors (Lipinski definition) is 0. The van der Waals surface area contributed by atoms with Crippen LogP contribution < -0.4 is 0 Å². The molecule has 6 rings (SSSR count). The Morgan fingerprint density at radius 3 is 1.38 bits per heavy atom. The minimum Gasteiger partial charge on any atom is -0.0622 e. The van der Waals surface area contributed by atoms with Crippen molar-refractivity contribution in [2.24, 2.45) is 11.3 Å². The summed E-state index contributed by atoms with van der Waals surface area (Å²) in [5.41, 5.74) is 9.07. The minimum absolute atomic E-state index is 0.340. The highest BCUT2D eigenvalue weighted by Gasteiger charge is 2.61. The number of hydrogen-bond acceptors (Lipinski definition) is 0. The fraction of sp³-hybridized carbons (Fsp3) is 0.188. The van der Waals surface area contributed by atoms with E-state index in [1.165, 1.54) is 47.1 Å². The Labute approximate surface area is 191 Å². The SMILES string of the molecule is c1ccc(C(=C2CC2C2(C(c3ccccc3)c3ccccc3)CC2)c2ccccc2)cc1. The molecule has 2 aliphatic carbocycles. The van der Waals surface area contributed by atoms with Crippen LogP contribution >= 0.6 is 0 Å². The molecule has 2 fully saturated rings. The van der Waals surface area contributed by atoms with E-state index >= 15 is 0 Å². The monoisotopic (exact) mass is 412 g/mol. The molecule has 0 saturated heterocycles. The van der Waals surface area contributed by atoms with Gasteiger partial charge in [0.15, 0.2) is 0 Å². The van der Waals surface area contributed by atoms with Crippen LogP contribution in [0.5, 0.6) is 0 Å². The van der Waals surface area contributed by atoms with E-state index in [4.69, 9.17) is 0 Å². The Morgan fingerprint density at radius 1 is 0.562 bits per heavy atom. The molecule has 0 aliphatic heterocycles. The van der Waals surface area contributed by atoms with Crippen LogP contribution in [-0.2, 0) is 0 Å². The largest absolute Gasteiger partial charge is 0.0622 e. The van der Waals surface area contributed by atoms with Gasteiger partial charge in [0.1, 0.15) is 0 Å². The quantitative estimate of drug-likeness (QED) is 0.300. The van der Waals surface area contributed by atoms with E-state index in [0.29, 0.717) is 17.3 Å². The van der Waals surface area contributed by atoms with Crippen molar-refractivity contribution in [1.82, 2.24) is 0 Å². The Bertz CT molecular complexity index is 1140. The molecule has 156 valence electrons. The molecule has 0 radical (unpaired) electrons. The summed E-state index contributed by atoms with van der Waals surface area (Å²) in [7, 11) is 0. The van der Waals surface area contributed by atoms with Gasteiger partial charge in [0, 0.05) is 5.92 Å². The van der Waals surface area contributed by atoms with Gasteiger partial charge >= 0.3 is 0 Å². The van der Waals surface area contributed by atoms with E-state index in [0.717, 1.165) is 0 Å². The number of benzene rings is 4. The molecule has 0 nitrogen and oxygen atoms in total. The first-order chi connectivity index (χ1) is 15.9. The molecule has 32 heavy (non-hydrogen) atoms. The third-order valence-corrected chi connectivity index (χ3v) is 7.49. The lowest BCUT2D eigenvalue weighted by Crippen LogP contribution is -2.18. The molecule has 2 aliphatic rings. The van der Waals surface area contributed by atoms with Crippen LogP contribution in [0.2, 0.25) is 0 Å². The second kappa shape index (κ2) is 7.95. The van der Waals surface area contributed by atoms with Gasteiger partial charge < -0.3 is 0 Å². The van der Waals surface area contributed by atoms with Gasteiger partial charge in [-0.2, -0.15) is 0 Å². The molecule has 0 heteroatoms. The fourth-order valence-corrected chi connectivity index (χ4v) is 5.86. The van der Waals surface area contributed by atoms with Crippen molar-refractivity contribution < 1.29 is 0 Å². The van der Waals surface area contributed by atoms with Gasteiger partial charge in [-0.15, -0.1) is 0 Å². The smallest absolute Gasteiger partial charge is 0.0152 e. The Balaban J connectivity index is 1.46. The van der Waals surface area contributed by atoms with Gasteiger partial charge in [-0.3, -0.25) is 0 Å². The molecule has 1 unspecified atom stereocenters. The molecule has 2 saturated carbocycles. The summed E-state index contributed by atoms with van der Waals surface area (Å²) in [6, 6.07) is 44.4. The van der Waals surface area contributed by atoms with E-state index in [2.05, 4.69) is 121 Å². The minimum atomic E-state index is 0.340. The van der Waals surface area contributed by atoms with Crippen molar-refractivity contribution >= 4 is 5.57 Å². The van der Waals surface area contributed by atoms with E-state index in [9.17, 15) is 0 Å². The maximum Gasteiger partial charge on any atom is 0.0152 e. The number of rotatable bonds is 6. The average molecular weight is 413 g/mol. The molecule has 0 bridgehead atoms. The van der Waals surface area contributed by atoms with E-state index < -0.39 is 0 Å². The third-order valence-electron chi connectivity index (χ3n) is 7.49. The molecule has 4 aromatic carbocycles. The second-order valence-electron chi connectivity index (χ2n) is 9.38. The van der Waals surface area contributed by atoms with Crippen molar-refractivity contribution in [2.45, 2.75) is 25.2 Å². The highest BCUT2D eigenvalue weighted by Crippen LogP contribution is 2.72. The Morgan fingerprint density at radius 2 is 0.969 bits per heavy atom. The first-order valence-corrected chi connectivity index (χ1v) is 11.8. The van der Waals surface area contributed by atoms with Crippen molar-refractivity contribution in [3.63, 3.8) is 0 Å². The summed E-state index contributed by atoms with van der Waals surface area (Å²) in [5.74, 6) is 1.11. The molecule has 0 aromatic heterocycles. The number of allylic oxidation sites excluding steroid dienone is 1. The van der Waals surface area contributed by atoms with Gasteiger partial charge in [0.25, 0.3) is 0 Å². The van der Waals surface area contributed by atoms with Crippen LogP contribution in [-0.4, -0.2) is 0 Å². The molecular weight excluding hydrogens is 384 g/mol. The van der Waals surface area contributed by atoms with Crippen LogP contribution in [0.4, 0.5) is 0 Å². The van der Waals surface area contributed by atoms with Crippen LogP contribution in [0.15, 0.2) is 127 Å². The van der Waals surface area contributed by atoms with Crippen molar-refractivity contribution in [3.05, 3.63) is 149 Å². The highest BCUT2D eigenvalue weighted by molar-refractivity contribution is 5.85. The Hall–Kier alpha value is -3.38. The average Bonchev–Trinajstić information content (AvgIpc) is 3.79. The molecule has 0 spiro atoms. The molecule has 1 atom stereocenters. The second-order valence-corrected chi connectivity index (χ2v) is 9.38. The summed E-state index contributed by atoms with van der Waals surface area (Å²) in [6.45, 7) is 0. The van der Waals surface area contributed by atoms with Gasteiger partial charge in [0.05, 0.1) is 0 Å². The van der Waals surface area contributed by atoms with E-state index in [1.807, 2.05) is 0 Å². The summed E-state index contributed by atoms with van der Waals surface area (Å²) < 4.78 is 0. The standard InChI is InChI=1S/C32H28/c1-5-13-24(14-6-1)30(25-15-7-2-8-16-25)28-23-29(28)32(21-22-32)31(26-17-9-3-10-18-26)27-19-11-4-12-20-27/h1-20,29,31H,21-23H2. The predicted molar refractivity (Wildman–Crippen MR) is 133 cm³/mol. The lowest BCUT2D eigenvalue weighted by molar-refractivity contribution is 0.398. The molecule has 0 heterocycles. The van der Waals surface area contributed by atoms with Gasteiger partial charge in [-0.25, -0.2) is 0 Å². The Kier molecular flexibility index (Phi) is 4.80. The first kappa shape index (κ1) is 19.3. The maximum absolute atomic E-state index is 2.33. The highest BCUT2D eigenvalue weighted by atomic mass is 14.6. The van der Waals surface area contributed by atoms with Crippen LogP contribution in [0, 0.1) is 11.3 Å². The summed E-state index contributed by atoms with van der Waals surface area (Å²) in [4.78, 5) is 0. The van der Waals surface area contributed by atoms with Gasteiger partial charge in [-0.1, -0.05) is 127 Å². The van der Waals surface area contributed by atoms with Crippen molar-refractivity contribution in [1.29, 1.82) is 0 Å². The lowest BCUT2D eigenvalue weighted by atomic mass is 9.75. The predicted octanol–water partition coefficient (Wildman–Crippen LogP) is 8.12. The molecule has 4 aromatic rings. The third kappa shape index (κ3) is 3.41. The zero-order chi connectivity index (χ0) is 21.4. The molecular formula is C32H28. The molecule has 0 N–H and O–H groups in total. The van der Waals surface area contributed by atoms with Crippen LogP contribution in [0.3, 0.4) is 0 Å². The summed E-state index contributed by atoms with van der Waals surface area (Å²) >= 11 is 0. The molecule has 0 amide bonds. The summed E-state index contributed by atoms with van der Waals surface area (Å²) in [6.07, 6.45) is 3.84. The first-order valence-electron chi connectivity index (χ1n) is 11.8. The van der Waals surface area contributed by atoms with E-state index in [1.54, 1.807) is 5.57 Å².